The minimum Gasteiger partial charge on any atom is -0.464 e. The van der Waals surface area contributed by atoms with E-state index in [9.17, 15) is 4.79 Å². The first-order chi connectivity index (χ1) is 13.1. The normalized spacial score (nSPS) is 15.7. The highest BCUT2D eigenvalue weighted by Crippen LogP contribution is 2.27. The zero-order valence-electron chi connectivity index (χ0n) is 16.3. The fourth-order valence-corrected chi connectivity index (χ4v) is 3.52. The summed E-state index contributed by atoms with van der Waals surface area (Å²) in [5.74, 6) is -0.589. The lowest BCUT2D eigenvalue weighted by molar-refractivity contribution is -0.148. The molecule has 0 saturated carbocycles. The number of hydrogen-bond acceptors (Lipinski definition) is 4. The number of ether oxygens (including phenoxy) is 2. The van der Waals surface area contributed by atoms with Crippen molar-refractivity contribution in [3.05, 3.63) is 71.8 Å². The summed E-state index contributed by atoms with van der Waals surface area (Å²) in [7, 11) is 0. The number of morpholine rings is 1. The lowest BCUT2D eigenvalue weighted by Crippen LogP contribution is -2.43. The topological polar surface area (TPSA) is 38.8 Å². The highest BCUT2D eigenvalue weighted by Gasteiger charge is 2.29. The van der Waals surface area contributed by atoms with Crippen molar-refractivity contribution in [3.63, 3.8) is 0 Å². The minimum absolute atomic E-state index is 0.106. The van der Waals surface area contributed by atoms with Crippen LogP contribution in [0, 0.1) is 5.41 Å². The van der Waals surface area contributed by atoms with E-state index in [1.54, 1.807) is 0 Å². The van der Waals surface area contributed by atoms with E-state index >= 15 is 0 Å². The van der Waals surface area contributed by atoms with E-state index in [2.05, 4.69) is 18.7 Å². The molecule has 0 spiro atoms. The van der Waals surface area contributed by atoms with Gasteiger partial charge in [0.05, 0.1) is 19.8 Å². The van der Waals surface area contributed by atoms with E-state index < -0.39 is 5.92 Å². The smallest absolute Gasteiger partial charge is 0.317 e. The van der Waals surface area contributed by atoms with Gasteiger partial charge in [0.1, 0.15) is 5.92 Å². The number of nitrogens with zero attached hydrogens (tertiary/aromatic N) is 1. The van der Waals surface area contributed by atoms with Crippen molar-refractivity contribution >= 4 is 5.97 Å². The Labute approximate surface area is 162 Å². The highest BCUT2D eigenvalue weighted by atomic mass is 16.5. The van der Waals surface area contributed by atoms with Crippen molar-refractivity contribution in [1.82, 2.24) is 4.90 Å². The van der Waals surface area contributed by atoms with Gasteiger partial charge in [-0.05, 0) is 11.1 Å². The van der Waals surface area contributed by atoms with Gasteiger partial charge in [0.2, 0.25) is 0 Å². The van der Waals surface area contributed by atoms with Gasteiger partial charge < -0.3 is 9.47 Å². The average Bonchev–Trinajstić information content (AvgIpc) is 2.69. The third-order valence-corrected chi connectivity index (χ3v) is 4.86. The molecule has 0 unspecified atom stereocenters. The van der Waals surface area contributed by atoms with E-state index in [1.807, 2.05) is 60.7 Å². The van der Waals surface area contributed by atoms with Crippen molar-refractivity contribution in [3.8, 4) is 0 Å². The maximum atomic E-state index is 13.0. The van der Waals surface area contributed by atoms with Gasteiger partial charge in [-0.3, -0.25) is 9.69 Å². The number of benzene rings is 2. The van der Waals surface area contributed by atoms with Crippen LogP contribution in [-0.4, -0.2) is 50.3 Å². The lowest BCUT2D eigenvalue weighted by Gasteiger charge is -2.34. The molecule has 0 aliphatic carbocycles. The summed E-state index contributed by atoms with van der Waals surface area (Å²) in [5, 5.41) is 0. The number of hydrogen-bond donors (Lipinski definition) is 0. The van der Waals surface area contributed by atoms with Crippen LogP contribution < -0.4 is 0 Å². The molecule has 4 heteroatoms. The Bertz CT molecular complexity index is 669. The second-order valence-corrected chi connectivity index (χ2v) is 7.91. The van der Waals surface area contributed by atoms with Crippen LogP contribution >= 0.6 is 0 Å². The minimum atomic E-state index is -0.397. The summed E-state index contributed by atoms with van der Waals surface area (Å²) in [5.41, 5.74) is 1.81. The largest absolute Gasteiger partial charge is 0.464 e. The lowest BCUT2D eigenvalue weighted by atomic mass is 9.90. The third kappa shape index (κ3) is 5.65. The van der Waals surface area contributed by atoms with Gasteiger partial charge in [-0.1, -0.05) is 74.5 Å². The Balaban J connectivity index is 1.67. The molecule has 0 N–H and O–H groups in total. The van der Waals surface area contributed by atoms with Gasteiger partial charge in [0, 0.05) is 25.0 Å². The summed E-state index contributed by atoms with van der Waals surface area (Å²) in [6, 6.07) is 19.7. The third-order valence-electron chi connectivity index (χ3n) is 4.86. The summed E-state index contributed by atoms with van der Waals surface area (Å²) < 4.78 is 11.2. The van der Waals surface area contributed by atoms with Crippen LogP contribution in [0.2, 0.25) is 0 Å². The van der Waals surface area contributed by atoms with Gasteiger partial charge in [-0.2, -0.15) is 0 Å². The first kappa shape index (κ1) is 19.6. The predicted molar refractivity (Wildman–Crippen MR) is 107 cm³/mol. The number of carbonyl (C=O) groups excluding carboxylic acids is 1. The maximum absolute atomic E-state index is 13.0. The summed E-state index contributed by atoms with van der Waals surface area (Å²) >= 11 is 0. The molecule has 1 heterocycles. The van der Waals surface area contributed by atoms with Gasteiger partial charge >= 0.3 is 5.97 Å². The number of carbonyl (C=O) groups is 1. The number of rotatable bonds is 7. The molecule has 1 aliphatic rings. The summed E-state index contributed by atoms with van der Waals surface area (Å²) in [6.45, 7) is 9.03. The first-order valence-electron chi connectivity index (χ1n) is 9.62. The average molecular weight is 367 g/mol. The molecule has 0 radical (unpaired) electrons. The van der Waals surface area contributed by atoms with Crippen molar-refractivity contribution in [2.45, 2.75) is 19.8 Å². The van der Waals surface area contributed by atoms with Gasteiger partial charge in [0.25, 0.3) is 0 Å². The molecule has 0 bridgehead atoms. The van der Waals surface area contributed by atoms with Crippen LogP contribution in [0.1, 0.15) is 30.9 Å². The van der Waals surface area contributed by atoms with Crippen molar-refractivity contribution in [1.29, 1.82) is 0 Å². The van der Waals surface area contributed by atoms with Crippen molar-refractivity contribution in [2.24, 2.45) is 5.41 Å². The predicted octanol–water partition coefficient (Wildman–Crippen LogP) is 3.72. The molecule has 2 aromatic carbocycles. The molecule has 4 nitrogen and oxygen atoms in total. The molecule has 1 aliphatic heterocycles. The van der Waals surface area contributed by atoms with Gasteiger partial charge in [-0.15, -0.1) is 0 Å². The van der Waals surface area contributed by atoms with Crippen LogP contribution in [0.5, 0.6) is 0 Å². The summed E-state index contributed by atoms with van der Waals surface area (Å²) in [4.78, 5) is 15.4. The van der Waals surface area contributed by atoms with E-state index in [-0.39, 0.29) is 11.4 Å². The SMILES string of the molecule is CC(C)(COC(=O)C(c1ccccc1)c1ccccc1)CN1CCOCC1. The molecule has 144 valence electrons. The zero-order chi connectivity index (χ0) is 19.1. The van der Waals surface area contributed by atoms with E-state index in [4.69, 9.17) is 9.47 Å². The molecular formula is C23H29NO3. The van der Waals surface area contributed by atoms with E-state index in [0.717, 1.165) is 44.0 Å². The first-order valence-corrected chi connectivity index (χ1v) is 9.62. The van der Waals surface area contributed by atoms with Gasteiger partial charge in [-0.25, -0.2) is 0 Å². The Kier molecular flexibility index (Phi) is 6.64. The highest BCUT2D eigenvalue weighted by molar-refractivity contribution is 5.82. The van der Waals surface area contributed by atoms with E-state index in [0.29, 0.717) is 6.61 Å². The molecule has 1 saturated heterocycles. The fourth-order valence-electron chi connectivity index (χ4n) is 3.52. The Morgan fingerprint density at radius 3 is 2.04 bits per heavy atom. The number of esters is 1. The van der Waals surface area contributed by atoms with Crippen LogP contribution in [0.25, 0.3) is 0 Å². The molecule has 27 heavy (non-hydrogen) atoms. The van der Waals surface area contributed by atoms with Crippen LogP contribution in [0.4, 0.5) is 0 Å². The second kappa shape index (κ2) is 9.16. The maximum Gasteiger partial charge on any atom is 0.317 e. The fraction of sp³-hybridized carbons (Fsp3) is 0.435. The second-order valence-electron chi connectivity index (χ2n) is 7.91. The quantitative estimate of drug-likeness (QED) is 0.699. The van der Waals surface area contributed by atoms with Crippen LogP contribution in [0.15, 0.2) is 60.7 Å². The molecule has 0 atom stereocenters. The van der Waals surface area contributed by atoms with Crippen LogP contribution in [0.3, 0.4) is 0 Å². The Morgan fingerprint density at radius 2 is 1.52 bits per heavy atom. The molecule has 0 amide bonds. The molecule has 3 rings (SSSR count). The van der Waals surface area contributed by atoms with Crippen LogP contribution in [-0.2, 0) is 14.3 Å². The molecule has 1 fully saturated rings. The molecule has 0 aromatic heterocycles. The summed E-state index contributed by atoms with van der Waals surface area (Å²) in [6.07, 6.45) is 0. The Morgan fingerprint density at radius 1 is 1.00 bits per heavy atom. The molecular weight excluding hydrogens is 338 g/mol. The van der Waals surface area contributed by atoms with Crippen molar-refractivity contribution in [2.75, 3.05) is 39.5 Å². The standard InChI is InChI=1S/C23H29NO3/c1-23(2,17-24-13-15-26-16-14-24)18-27-22(25)21(19-9-5-3-6-10-19)20-11-7-4-8-12-20/h3-12,21H,13-18H2,1-2H3. The monoisotopic (exact) mass is 367 g/mol. The zero-order valence-corrected chi connectivity index (χ0v) is 16.3. The Hall–Kier alpha value is -2.17. The molecule has 2 aromatic rings. The van der Waals surface area contributed by atoms with E-state index in [1.165, 1.54) is 0 Å². The van der Waals surface area contributed by atoms with Gasteiger partial charge in [0.15, 0.2) is 0 Å². The van der Waals surface area contributed by atoms with Crippen molar-refractivity contribution < 1.29 is 14.3 Å².